The third-order valence-electron chi connectivity index (χ3n) is 4.53. The highest BCUT2D eigenvalue weighted by Gasteiger charge is 2.61. The van der Waals surface area contributed by atoms with Crippen LogP contribution in [0.2, 0.25) is 0 Å². The lowest BCUT2D eigenvalue weighted by Crippen LogP contribution is -2.11. The predicted octanol–water partition coefficient (Wildman–Crippen LogP) is 3.99. The van der Waals surface area contributed by atoms with E-state index in [1.807, 2.05) is 18.2 Å². The van der Waals surface area contributed by atoms with Gasteiger partial charge in [-0.2, -0.15) is 0 Å². The summed E-state index contributed by atoms with van der Waals surface area (Å²) in [6.07, 6.45) is 2.16. The smallest absolute Gasteiger partial charge is 0.310 e. The summed E-state index contributed by atoms with van der Waals surface area (Å²) in [6.45, 7) is 8.51. The van der Waals surface area contributed by atoms with Crippen molar-refractivity contribution in [1.82, 2.24) is 0 Å². The number of esters is 1. The maximum atomic E-state index is 12.4. The van der Waals surface area contributed by atoms with E-state index in [4.69, 9.17) is 14.2 Å². The van der Waals surface area contributed by atoms with Gasteiger partial charge in [0, 0.05) is 5.56 Å². The Morgan fingerprint density at radius 3 is 2.48 bits per heavy atom. The van der Waals surface area contributed by atoms with E-state index in [0.29, 0.717) is 11.5 Å². The zero-order chi connectivity index (χ0) is 17.2. The van der Waals surface area contributed by atoms with E-state index in [9.17, 15) is 4.79 Å². The Hall–Kier alpha value is -1.97. The van der Waals surface area contributed by atoms with E-state index in [1.165, 1.54) is 5.57 Å². The summed E-state index contributed by atoms with van der Waals surface area (Å²) in [7, 11) is 3.17. The molecule has 0 aromatic heterocycles. The molecule has 1 aliphatic carbocycles. The lowest BCUT2D eigenvalue weighted by Gasteiger charge is -2.13. The van der Waals surface area contributed by atoms with Crippen LogP contribution in [-0.4, -0.2) is 20.2 Å². The van der Waals surface area contributed by atoms with E-state index in [2.05, 4.69) is 33.8 Å². The summed E-state index contributed by atoms with van der Waals surface area (Å²) in [5, 5.41) is 0. The molecule has 0 bridgehead atoms. The molecule has 0 N–H and O–H groups in total. The van der Waals surface area contributed by atoms with Crippen LogP contribution in [0.5, 0.6) is 11.5 Å². The number of allylic oxidation sites excluding steroid dienone is 2. The minimum atomic E-state index is -0.151. The highest BCUT2D eigenvalue weighted by Crippen LogP contribution is 2.59. The van der Waals surface area contributed by atoms with Crippen LogP contribution in [0, 0.1) is 17.3 Å². The Balaban J connectivity index is 2.05. The number of methoxy groups -OCH3 is 2. The number of para-hydroxylation sites is 1. The fourth-order valence-corrected chi connectivity index (χ4v) is 3.10. The largest absolute Gasteiger partial charge is 0.493 e. The normalized spacial score (nSPS) is 21.3. The van der Waals surface area contributed by atoms with Gasteiger partial charge in [0.15, 0.2) is 11.5 Å². The zero-order valence-corrected chi connectivity index (χ0v) is 14.8. The van der Waals surface area contributed by atoms with Gasteiger partial charge in [-0.15, -0.1) is 0 Å². The van der Waals surface area contributed by atoms with Crippen LogP contribution in [-0.2, 0) is 16.1 Å². The first kappa shape index (κ1) is 17.4. The number of hydrogen-bond donors (Lipinski definition) is 0. The van der Waals surface area contributed by atoms with Crippen molar-refractivity contribution in [3.63, 3.8) is 0 Å². The van der Waals surface area contributed by atoms with Crippen LogP contribution >= 0.6 is 0 Å². The Bertz CT molecular complexity index is 612. The molecule has 4 nitrogen and oxygen atoms in total. The van der Waals surface area contributed by atoms with Crippen molar-refractivity contribution < 1.29 is 19.0 Å². The minimum absolute atomic E-state index is 0.0349. The molecule has 0 spiro atoms. The fraction of sp³-hybridized carbons (Fsp3) is 0.526. The third kappa shape index (κ3) is 3.52. The van der Waals surface area contributed by atoms with Crippen LogP contribution < -0.4 is 9.47 Å². The van der Waals surface area contributed by atoms with E-state index in [-0.39, 0.29) is 29.8 Å². The Labute approximate surface area is 138 Å². The molecule has 0 unspecified atom stereocenters. The molecular formula is C19H26O4. The second kappa shape index (κ2) is 6.65. The molecule has 1 aromatic carbocycles. The number of benzene rings is 1. The SMILES string of the molecule is COc1cccc(COC(=O)[C@@H]2[C@H](C=C(C)C)C2(C)C)c1OC. The molecule has 0 amide bonds. The quantitative estimate of drug-likeness (QED) is 0.588. The van der Waals surface area contributed by atoms with Crippen molar-refractivity contribution >= 4 is 5.97 Å². The van der Waals surface area contributed by atoms with E-state index >= 15 is 0 Å². The first-order valence-corrected chi connectivity index (χ1v) is 7.84. The van der Waals surface area contributed by atoms with Crippen LogP contribution in [0.3, 0.4) is 0 Å². The molecule has 4 heteroatoms. The van der Waals surface area contributed by atoms with Crippen LogP contribution in [0.25, 0.3) is 0 Å². The van der Waals surface area contributed by atoms with Gasteiger partial charge in [-0.25, -0.2) is 0 Å². The monoisotopic (exact) mass is 318 g/mol. The standard InChI is InChI=1S/C19H26O4/c1-12(2)10-14-16(19(14,3)4)18(20)23-11-13-8-7-9-15(21-5)17(13)22-6/h7-10,14,16H,11H2,1-6H3/t14-,16-/m0/s1. The molecule has 2 rings (SSSR count). The van der Waals surface area contributed by atoms with Crippen molar-refractivity contribution in [3.8, 4) is 11.5 Å². The number of rotatable bonds is 6. The molecule has 1 saturated carbocycles. The van der Waals surface area contributed by atoms with Crippen LogP contribution in [0.4, 0.5) is 0 Å². The number of carbonyl (C=O) groups is 1. The van der Waals surface area contributed by atoms with Gasteiger partial charge in [-0.05, 0) is 31.2 Å². The van der Waals surface area contributed by atoms with Gasteiger partial charge in [-0.1, -0.05) is 37.6 Å². The summed E-state index contributed by atoms with van der Waals surface area (Å²) in [4.78, 5) is 12.4. The highest BCUT2D eigenvalue weighted by molar-refractivity contribution is 5.78. The molecule has 126 valence electrons. The van der Waals surface area contributed by atoms with Crippen molar-refractivity contribution in [2.24, 2.45) is 17.3 Å². The zero-order valence-electron chi connectivity index (χ0n) is 14.8. The van der Waals surface area contributed by atoms with Gasteiger partial charge in [0.2, 0.25) is 0 Å². The molecule has 0 radical (unpaired) electrons. The van der Waals surface area contributed by atoms with Gasteiger partial charge in [0.05, 0.1) is 20.1 Å². The number of carbonyl (C=O) groups excluding carboxylic acids is 1. The topological polar surface area (TPSA) is 44.8 Å². The van der Waals surface area contributed by atoms with Gasteiger partial charge in [0.25, 0.3) is 0 Å². The number of hydrogen-bond acceptors (Lipinski definition) is 4. The third-order valence-corrected chi connectivity index (χ3v) is 4.53. The van der Waals surface area contributed by atoms with Crippen LogP contribution in [0.15, 0.2) is 29.8 Å². The fourth-order valence-electron chi connectivity index (χ4n) is 3.10. The van der Waals surface area contributed by atoms with Crippen LogP contribution in [0.1, 0.15) is 33.3 Å². The maximum Gasteiger partial charge on any atom is 0.310 e. The summed E-state index contributed by atoms with van der Waals surface area (Å²) < 4.78 is 16.2. The molecule has 1 aliphatic rings. The molecule has 23 heavy (non-hydrogen) atoms. The second-order valence-corrected chi connectivity index (χ2v) is 6.83. The Kier molecular flexibility index (Phi) is 5.03. The molecular weight excluding hydrogens is 292 g/mol. The first-order chi connectivity index (χ1) is 10.8. The average Bonchev–Trinajstić information content (AvgIpc) is 3.04. The summed E-state index contributed by atoms with van der Waals surface area (Å²) in [6, 6.07) is 5.55. The lowest BCUT2D eigenvalue weighted by atomic mass is 10.1. The Morgan fingerprint density at radius 2 is 1.91 bits per heavy atom. The van der Waals surface area contributed by atoms with Gasteiger partial charge in [0.1, 0.15) is 6.61 Å². The molecule has 0 heterocycles. The molecule has 1 aromatic rings. The van der Waals surface area contributed by atoms with Crippen molar-refractivity contribution in [3.05, 3.63) is 35.4 Å². The van der Waals surface area contributed by atoms with Gasteiger partial charge < -0.3 is 14.2 Å². The maximum absolute atomic E-state index is 12.4. The predicted molar refractivity (Wildman–Crippen MR) is 89.5 cm³/mol. The summed E-state index contributed by atoms with van der Waals surface area (Å²) >= 11 is 0. The number of ether oxygens (including phenoxy) is 3. The molecule has 1 fully saturated rings. The van der Waals surface area contributed by atoms with E-state index in [1.54, 1.807) is 14.2 Å². The Morgan fingerprint density at radius 1 is 1.22 bits per heavy atom. The van der Waals surface area contributed by atoms with E-state index < -0.39 is 0 Å². The molecule has 0 saturated heterocycles. The highest BCUT2D eigenvalue weighted by atomic mass is 16.5. The van der Waals surface area contributed by atoms with Gasteiger partial charge >= 0.3 is 5.97 Å². The summed E-state index contributed by atoms with van der Waals surface area (Å²) in [5.41, 5.74) is 2.00. The molecule has 2 atom stereocenters. The first-order valence-electron chi connectivity index (χ1n) is 7.84. The van der Waals surface area contributed by atoms with E-state index in [0.717, 1.165) is 5.56 Å². The summed E-state index contributed by atoms with van der Waals surface area (Å²) in [5.74, 6) is 1.28. The molecule has 0 aliphatic heterocycles. The average molecular weight is 318 g/mol. The van der Waals surface area contributed by atoms with Gasteiger partial charge in [-0.3, -0.25) is 4.79 Å². The van der Waals surface area contributed by atoms with Crippen molar-refractivity contribution in [1.29, 1.82) is 0 Å². The lowest BCUT2D eigenvalue weighted by molar-refractivity contribution is -0.147. The van der Waals surface area contributed by atoms with Crippen molar-refractivity contribution in [2.45, 2.75) is 34.3 Å². The minimum Gasteiger partial charge on any atom is -0.493 e. The van der Waals surface area contributed by atoms with Crippen molar-refractivity contribution in [2.75, 3.05) is 14.2 Å². The second-order valence-electron chi connectivity index (χ2n) is 6.83.